The van der Waals surface area contributed by atoms with E-state index in [1.165, 1.54) is 16.0 Å². The molecule has 3 rings (SSSR count). The standard InChI is InChI=1S/C16H20F2N4O2S/c1-9-10(2)20-21(3)16(23)13(9)15-19-11(8-25-15)6-22-4-5-24-12(7-22)14(17)18/h8,12,14H,4-7H2,1-3H3. The molecule has 1 fully saturated rings. The molecule has 25 heavy (non-hydrogen) atoms. The Balaban J connectivity index is 1.81. The highest BCUT2D eigenvalue weighted by molar-refractivity contribution is 7.13. The Kier molecular flexibility index (Phi) is 5.26. The van der Waals surface area contributed by atoms with Gasteiger partial charge in [0.1, 0.15) is 11.1 Å². The molecule has 0 aromatic carbocycles. The lowest BCUT2D eigenvalue weighted by molar-refractivity contribution is -0.104. The van der Waals surface area contributed by atoms with Crippen LogP contribution < -0.4 is 5.56 Å². The van der Waals surface area contributed by atoms with Gasteiger partial charge in [0.15, 0.2) is 0 Å². The van der Waals surface area contributed by atoms with Crippen molar-refractivity contribution in [1.82, 2.24) is 19.7 Å². The van der Waals surface area contributed by atoms with E-state index in [-0.39, 0.29) is 18.7 Å². The Hall–Kier alpha value is -1.71. The first kappa shape index (κ1) is 18.1. The third-order valence-electron chi connectivity index (χ3n) is 4.34. The fraction of sp³-hybridized carbons (Fsp3) is 0.562. The molecule has 0 bridgehead atoms. The minimum Gasteiger partial charge on any atom is -0.370 e. The van der Waals surface area contributed by atoms with Crippen molar-refractivity contribution in [2.75, 3.05) is 19.7 Å². The van der Waals surface area contributed by atoms with E-state index in [0.717, 1.165) is 17.0 Å². The van der Waals surface area contributed by atoms with Gasteiger partial charge in [-0.25, -0.2) is 18.4 Å². The van der Waals surface area contributed by atoms with Gasteiger partial charge in [0.2, 0.25) is 0 Å². The van der Waals surface area contributed by atoms with Crippen molar-refractivity contribution in [3.05, 3.63) is 32.7 Å². The van der Waals surface area contributed by atoms with Crippen LogP contribution in [-0.2, 0) is 18.3 Å². The van der Waals surface area contributed by atoms with Gasteiger partial charge >= 0.3 is 0 Å². The van der Waals surface area contributed by atoms with E-state index in [4.69, 9.17) is 4.74 Å². The molecular weight excluding hydrogens is 350 g/mol. The van der Waals surface area contributed by atoms with Crippen LogP contribution in [0.1, 0.15) is 17.0 Å². The smallest absolute Gasteiger partial charge is 0.277 e. The number of nitrogens with zero attached hydrogens (tertiary/aromatic N) is 4. The lowest BCUT2D eigenvalue weighted by atomic mass is 10.1. The molecule has 1 atom stereocenters. The number of thiazole rings is 1. The number of aromatic nitrogens is 3. The van der Waals surface area contributed by atoms with E-state index in [2.05, 4.69) is 10.1 Å². The molecule has 1 unspecified atom stereocenters. The highest BCUT2D eigenvalue weighted by Gasteiger charge is 2.28. The van der Waals surface area contributed by atoms with Gasteiger partial charge < -0.3 is 4.74 Å². The number of aryl methyl sites for hydroxylation is 2. The number of alkyl halides is 2. The second kappa shape index (κ2) is 7.27. The topological polar surface area (TPSA) is 60.2 Å². The van der Waals surface area contributed by atoms with Crippen LogP contribution in [-0.4, -0.2) is 51.9 Å². The quantitative estimate of drug-likeness (QED) is 0.824. The molecule has 9 heteroatoms. The highest BCUT2D eigenvalue weighted by Crippen LogP contribution is 2.25. The fourth-order valence-electron chi connectivity index (χ4n) is 2.85. The van der Waals surface area contributed by atoms with Crippen LogP contribution in [0.5, 0.6) is 0 Å². The Bertz CT molecular complexity index is 821. The first-order valence-electron chi connectivity index (χ1n) is 7.98. The molecule has 1 aliphatic rings. The Morgan fingerprint density at radius 1 is 1.44 bits per heavy atom. The Morgan fingerprint density at radius 2 is 2.20 bits per heavy atom. The lowest BCUT2D eigenvalue weighted by Crippen LogP contribution is -2.45. The van der Waals surface area contributed by atoms with Gasteiger partial charge in [-0.1, -0.05) is 0 Å². The Morgan fingerprint density at radius 3 is 2.92 bits per heavy atom. The van der Waals surface area contributed by atoms with Crippen LogP contribution in [0, 0.1) is 13.8 Å². The maximum absolute atomic E-state index is 12.8. The molecule has 2 aromatic heterocycles. The average Bonchev–Trinajstić information content (AvgIpc) is 3.01. The maximum atomic E-state index is 12.8. The van der Waals surface area contributed by atoms with Gasteiger partial charge in [0.25, 0.3) is 12.0 Å². The zero-order valence-corrected chi connectivity index (χ0v) is 15.1. The summed E-state index contributed by atoms with van der Waals surface area (Å²) >= 11 is 1.39. The van der Waals surface area contributed by atoms with Gasteiger partial charge in [0.05, 0.1) is 23.6 Å². The molecule has 136 valence electrons. The van der Waals surface area contributed by atoms with E-state index in [9.17, 15) is 13.6 Å². The number of halogens is 2. The summed E-state index contributed by atoms with van der Waals surface area (Å²) in [7, 11) is 1.62. The summed E-state index contributed by atoms with van der Waals surface area (Å²) in [5.74, 6) is 0. The molecule has 2 aromatic rings. The van der Waals surface area contributed by atoms with Crippen molar-refractivity contribution in [3.8, 4) is 10.6 Å². The molecule has 0 amide bonds. The predicted octanol–water partition coefficient (Wildman–Crippen LogP) is 1.99. The summed E-state index contributed by atoms with van der Waals surface area (Å²) in [4.78, 5) is 18.9. The van der Waals surface area contributed by atoms with Gasteiger partial charge in [-0.2, -0.15) is 5.10 Å². The number of hydrogen-bond donors (Lipinski definition) is 0. The van der Waals surface area contributed by atoms with Crippen LogP contribution in [0.3, 0.4) is 0 Å². The van der Waals surface area contributed by atoms with Crippen LogP contribution in [0.25, 0.3) is 10.6 Å². The maximum Gasteiger partial charge on any atom is 0.277 e. The monoisotopic (exact) mass is 370 g/mol. The largest absolute Gasteiger partial charge is 0.370 e. The molecule has 1 saturated heterocycles. The van der Waals surface area contributed by atoms with Crippen LogP contribution >= 0.6 is 11.3 Å². The number of rotatable bonds is 4. The summed E-state index contributed by atoms with van der Waals surface area (Å²) in [5, 5.41) is 6.68. The van der Waals surface area contributed by atoms with E-state index < -0.39 is 12.5 Å². The molecule has 0 radical (unpaired) electrons. The van der Waals surface area contributed by atoms with E-state index in [0.29, 0.717) is 23.7 Å². The van der Waals surface area contributed by atoms with E-state index in [1.807, 2.05) is 24.1 Å². The lowest BCUT2D eigenvalue weighted by Gasteiger charge is -2.31. The predicted molar refractivity (Wildman–Crippen MR) is 91.1 cm³/mol. The van der Waals surface area contributed by atoms with Crippen molar-refractivity contribution in [2.45, 2.75) is 32.9 Å². The highest BCUT2D eigenvalue weighted by atomic mass is 32.1. The first-order chi connectivity index (χ1) is 11.9. The number of morpholine rings is 1. The van der Waals surface area contributed by atoms with Crippen molar-refractivity contribution < 1.29 is 13.5 Å². The molecular formula is C16H20F2N4O2S. The first-order valence-corrected chi connectivity index (χ1v) is 8.86. The molecule has 6 nitrogen and oxygen atoms in total. The van der Waals surface area contributed by atoms with Crippen molar-refractivity contribution in [3.63, 3.8) is 0 Å². The molecule has 0 N–H and O–H groups in total. The third kappa shape index (κ3) is 3.78. The third-order valence-corrected chi connectivity index (χ3v) is 5.24. The second-order valence-electron chi connectivity index (χ2n) is 6.14. The van der Waals surface area contributed by atoms with Gasteiger partial charge in [-0.3, -0.25) is 9.69 Å². The molecule has 0 saturated carbocycles. The molecule has 3 heterocycles. The minimum atomic E-state index is -2.49. The summed E-state index contributed by atoms with van der Waals surface area (Å²) in [6.07, 6.45) is -3.54. The molecule has 0 aliphatic carbocycles. The summed E-state index contributed by atoms with van der Waals surface area (Å²) in [5.41, 5.74) is 2.73. The fourth-order valence-corrected chi connectivity index (χ4v) is 3.75. The summed E-state index contributed by atoms with van der Waals surface area (Å²) < 4.78 is 32.0. The summed E-state index contributed by atoms with van der Waals surface area (Å²) in [6, 6.07) is 0. The van der Waals surface area contributed by atoms with Gasteiger partial charge in [0, 0.05) is 32.1 Å². The number of ether oxygens (including phenoxy) is 1. The van der Waals surface area contributed by atoms with E-state index >= 15 is 0 Å². The van der Waals surface area contributed by atoms with Crippen LogP contribution in [0.2, 0.25) is 0 Å². The van der Waals surface area contributed by atoms with Crippen LogP contribution in [0.15, 0.2) is 10.2 Å². The average molecular weight is 370 g/mol. The van der Waals surface area contributed by atoms with Crippen LogP contribution in [0.4, 0.5) is 8.78 Å². The van der Waals surface area contributed by atoms with Crippen molar-refractivity contribution in [2.24, 2.45) is 7.05 Å². The van der Waals surface area contributed by atoms with Crippen molar-refractivity contribution in [1.29, 1.82) is 0 Å². The molecule has 0 spiro atoms. The Labute approximate surface area is 148 Å². The van der Waals surface area contributed by atoms with Gasteiger partial charge in [-0.15, -0.1) is 11.3 Å². The second-order valence-corrected chi connectivity index (χ2v) is 7.00. The minimum absolute atomic E-state index is 0.180. The van der Waals surface area contributed by atoms with Gasteiger partial charge in [-0.05, 0) is 19.4 Å². The zero-order valence-electron chi connectivity index (χ0n) is 14.3. The normalized spacial score (nSPS) is 18.9. The van der Waals surface area contributed by atoms with E-state index in [1.54, 1.807) is 7.05 Å². The SMILES string of the molecule is Cc1nn(C)c(=O)c(-c2nc(CN3CCOC(C(F)F)C3)cs2)c1C. The summed E-state index contributed by atoms with van der Waals surface area (Å²) in [6.45, 7) is 5.23. The van der Waals surface area contributed by atoms with Crippen molar-refractivity contribution >= 4 is 11.3 Å². The molecule has 1 aliphatic heterocycles. The number of hydrogen-bond acceptors (Lipinski definition) is 6. The zero-order chi connectivity index (χ0) is 18.1.